The maximum Gasteiger partial charge on any atom is 0.260 e. The molecule has 1 aliphatic rings. The van der Waals surface area contributed by atoms with Gasteiger partial charge in [-0.25, -0.2) is 0 Å². The highest BCUT2D eigenvalue weighted by Gasteiger charge is 2.27. The van der Waals surface area contributed by atoms with Gasteiger partial charge in [-0.15, -0.1) is 0 Å². The zero-order valence-electron chi connectivity index (χ0n) is 18.2. The minimum absolute atomic E-state index is 0.0642. The number of carbonyl (C=O) groups is 1. The van der Waals surface area contributed by atoms with Crippen LogP contribution in [0.25, 0.3) is 17.0 Å². The fraction of sp³-hybridized carbons (Fsp3) is 0.148. The van der Waals surface area contributed by atoms with E-state index in [-0.39, 0.29) is 11.4 Å². The largest absolute Gasteiger partial charge is 0.357 e. The monoisotopic (exact) mass is 473 g/mol. The normalized spacial score (nSPS) is 17.0. The Hall–Kier alpha value is -3.15. The van der Waals surface area contributed by atoms with Crippen molar-refractivity contribution in [3.63, 3.8) is 0 Å². The lowest BCUT2D eigenvalue weighted by molar-refractivity contribution is -0.116. The average Bonchev–Trinajstić information content (AvgIpc) is 3.35. The number of benzene rings is 3. The molecule has 1 fully saturated rings. The zero-order valence-corrected chi connectivity index (χ0v) is 19.8. The molecular formula is C27H24ClN3OS. The highest BCUT2D eigenvalue weighted by Crippen LogP contribution is 2.33. The van der Waals surface area contributed by atoms with Crippen LogP contribution in [0.4, 0.5) is 5.69 Å². The topological polar surface area (TPSA) is 46.1 Å². The van der Waals surface area contributed by atoms with E-state index in [2.05, 4.69) is 64.7 Å². The number of rotatable bonds is 6. The Morgan fingerprint density at radius 1 is 1.06 bits per heavy atom. The highest BCUT2D eigenvalue weighted by molar-refractivity contribution is 8.05. The summed E-state index contributed by atoms with van der Waals surface area (Å²) in [6.45, 7) is 2.80. The van der Waals surface area contributed by atoms with E-state index in [0.717, 1.165) is 39.2 Å². The van der Waals surface area contributed by atoms with Gasteiger partial charge in [0.05, 0.1) is 4.91 Å². The zero-order chi connectivity index (χ0) is 22.8. The summed E-state index contributed by atoms with van der Waals surface area (Å²) in [4.78, 5) is 13.4. The van der Waals surface area contributed by atoms with Crippen molar-refractivity contribution in [2.24, 2.45) is 0 Å². The Labute approximate surface area is 202 Å². The van der Waals surface area contributed by atoms with E-state index in [1.807, 2.05) is 42.5 Å². The second kappa shape index (κ2) is 9.38. The van der Waals surface area contributed by atoms with Crippen LogP contribution in [0, 0.1) is 0 Å². The molecule has 6 heteroatoms. The van der Waals surface area contributed by atoms with Crippen molar-refractivity contribution in [3.05, 3.63) is 106 Å². The van der Waals surface area contributed by atoms with Gasteiger partial charge in [0, 0.05) is 39.9 Å². The lowest BCUT2D eigenvalue weighted by Gasteiger charge is -2.12. The molecule has 166 valence electrons. The molecule has 3 aromatic carbocycles. The fourth-order valence-electron chi connectivity index (χ4n) is 4.03. The number of hydrogen-bond donors (Lipinski definition) is 2. The molecule has 0 saturated carbocycles. The molecule has 0 spiro atoms. The number of fused-ring (bicyclic) bond motifs is 1. The van der Waals surface area contributed by atoms with E-state index in [1.54, 1.807) is 0 Å². The number of aromatic nitrogens is 1. The van der Waals surface area contributed by atoms with Crippen molar-refractivity contribution < 1.29 is 4.79 Å². The van der Waals surface area contributed by atoms with Crippen LogP contribution in [-0.4, -0.2) is 16.0 Å². The van der Waals surface area contributed by atoms with Crippen molar-refractivity contribution in [3.8, 4) is 0 Å². The molecule has 0 unspecified atom stereocenters. The number of aryl methyl sites for hydroxylation is 1. The van der Waals surface area contributed by atoms with Crippen molar-refractivity contribution in [2.75, 3.05) is 5.32 Å². The number of carbonyl (C=O) groups excluding carboxylic acids is 1. The molecule has 5 rings (SSSR count). The first-order valence-electron chi connectivity index (χ1n) is 11.0. The van der Waals surface area contributed by atoms with E-state index >= 15 is 0 Å². The molecule has 1 saturated heterocycles. The van der Waals surface area contributed by atoms with Crippen molar-refractivity contribution >= 4 is 51.9 Å². The van der Waals surface area contributed by atoms with Gasteiger partial charge in [0.25, 0.3) is 5.91 Å². The quantitative estimate of drug-likeness (QED) is 0.314. The lowest BCUT2D eigenvalue weighted by atomic mass is 10.1. The van der Waals surface area contributed by atoms with Crippen LogP contribution in [0.3, 0.4) is 0 Å². The molecule has 4 aromatic rings. The SMILES string of the molecule is CCc1ccc(N[C@H]2NC(=O)/C(=C/c3cn(Cc4ccccc4Cl)c4ccccc34)S2)cc1. The van der Waals surface area contributed by atoms with Crippen LogP contribution in [0.5, 0.6) is 0 Å². The summed E-state index contributed by atoms with van der Waals surface area (Å²) in [5.41, 5.74) is 5.26. The predicted molar refractivity (Wildman–Crippen MR) is 139 cm³/mol. The molecule has 0 aliphatic carbocycles. The number of nitrogens with one attached hydrogen (secondary N) is 2. The van der Waals surface area contributed by atoms with Crippen LogP contribution in [-0.2, 0) is 17.8 Å². The van der Waals surface area contributed by atoms with Gasteiger partial charge >= 0.3 is 0 Å². The Kier molecular flexibility index (Phi) is 6.16. The second-order valence-corrected chi connectivity index (χ2v) is 9.55. The number of anilines is 1. The number of para-hydroxylation sites is 1. The van der Waals surface area contributed by atoms with Crippen LogP contribution in [0.1, 0.15) is 23.6 Å². The van der Waals surface area contributed by atoms with Gasteiger partial charge < -0.3 is 15.2 Å². The molecule has 2 heterocycles. The third-order valence-corrected chi connectivity index (χ3v) is 7.19. The van der Waals surface area contributed by atoms with Gasteiger partial charge in [0.1, 0.15) is 0 Å². The van der Waals surface area contributed by atoms with Crippen LogP contribution in [0.15, 0.2) is 83.9 Å². The van der Waals surface area contributed by atoms with Crippen molar-refractivity contribution in [2.45, 2.75) is 25.4 Å². The molecule has 33 heavy (non-hydrogen) atoms. The summed E-state index contributed by atoms with van der Waals surface area (Å²) >= 11 is 7.90. The number of nitrogens with zero attached hydrogens (tertiary/aromatic N) is 1. The summed E-state index contributed by atoms with van der Waals surface area (Å²) in [6.07, 6.45) is 5.08. The Morgan fingerprint density at radius 3 is 2.61 bits per heavy atom. The minimum Gasteiger partial charge on any atom is -0.357 e. The molecule has 1 amide bonds. The van der Waals surface area contributed by atoms with E-state index < -0.39 is 0 Å². The predicted octanol–water partition coefficient (Wildman–Crippen LogP) is 6.51. The molecule has 1 aliphatic heterocycles. The minimum atomic E-state index is -0.201. The summed E-state index contributed by atoms with van der Waals surface area (Å²) in [5.74, 6) is -0.0642. The lowest BCUT2D eigenvalue weighted by Crippen LogP contribution is -2.30. The van der Waals surface area contributed by atoms with Gasteiger partial charge in [-0.2, -0.15) is 0 Å². The Morgan fingerprint density at radius 2 is 1.82 bits per heavy atom. The first-order chi connectivity index (χ1) is 16.1. The van der Waals surface area contributed by atoms with E-state index in [1.165, 1.54) is 17.3 Å². The average molecular weight is 474 g/mol. The van der Waals surface area contributed by atoms with Crippen molar-refractivity contribution in [1.29, 1.82) is 0 Å². The smallest absolute Gasteiger partial charge is 0.260 e. The molecule has 0 bridgehead atoms. The van der Waals surface area contributed by atoms with E-state index in [4.69, 9.17) is 11.6 Å². The standard InChI is InChI=1S/C27H24ClN3OS/c1-2-18-11-13-21(14-12-18)29-27-30-26(32)25(33-27)15-20-17-31(24-10-6-4-8-22(20)24)16-19-7-3-5-9-23(19)28/h3-15,17,27,29H,2,16H2,1H3,(H,30,32)/b25-15-/t27-/m0/s1. The van der Waals surface area contributed by atoms with E-state index in [0.29, 0.717) is 11.4 Å². The van der Waals surface area contributed by atoms with Crippen molar-refractivity contribution in [1.82, 2.24) is 9.88 Å². The number of amides is 1. The third kappa shape index (κ3) is 4.65. The number of halogens is 1. The number of thioether (sulfide) groups is 1. The molecular weight excluding hydrogens is 450 g/mol. The van der Waals surface area contributed by atoms with Gasteiger partial charge in [-0.05, 0) is 47.9 Å². The molecule has 1 atom stereocenters. The van der Waals surface area contributed by atoms with Crippen LogP contribution in [0.2, 0.25) is 5.02 Å². The molecule has 4 nitrogen and oxygen atoms in total. The summed E-state index contributed by atoms with van der Waals surface area (Å²) < 4.78 is 2.19. The fourth-order valence-corrected chi connectivity index (χ4v) is 5.20. The second-order valence-electron chi connectivity index (χ2n) is 8.00. The Bertz CT molecular complexity index is 1340. The number of hydrogen-bond acceptors (Lipinski definition) is 3. The van der Waals surface area contributed by atoms with Gasteiger partial charge in [-0.3, -0.25) is 4.79 Å². The van der Waals surface area contributed by atoms with E-state index in [9.17, 15) is 4.79 Å². The highest BCUT2D eigenvalue weighted by atomic mass is 35.5. The summed E-state index contributed by atoms with van der Waals surface area (Å²) in [5, 5.41) is 8.27. The maximum atomic E-state index is 12.7. The molecule has 2 N–H and O–H groups in total. The first kappa shape index (κ1) is 21.7. The van der Waals surface area contributed by atoms with Gasteiger partial charge in [0.2, 0.25) is 0 Å². The summed E-state index contributed by atoms with van der Waals surface area (Å²) in [6, 6.07) is 24.4. The Balaban J connectivity index is 1.40. The van der Waals surface area contributed by atoms with Crippen LogP contribution >= 0.6 is 23.4 Å². The first-order valence-corrected chi connectivity index (χ1v) is 12.2. The molecule has 1 aromatic heterocycles. The van der Waals surface area contributed by atoms with Gasteiger partial charge in [-0.1, -0.05) is 78.8 Å². The molecule has 0 radical (unpaired) electrons. The third-order valence-electron chi connectivity index (χ3n) is 5.80. The van der Waals surface area contributed by atoms with Crippen LogP contribution < -0.4 is 10.6 Å². The van der Waals surface area contributed by atoms with Gasteiger partial charge in [0.15, 0.2) is 5.50 Å². The maximum absolute atomic E-state index is 12.7. The summed E-state index contributed by atoms with van der Waals surface area (Å²) in [7, 11) is 0.